The molecule has 0 rings (SSSR count). The summed E-state index contributed by atoms with van der Waals surface area (Å²) in [6, 6.07) is 0. The summed E-state index contributed by atoms with van der Waals surface area (Å²) in [4.78, 5) is 38.1. The molecule has 0 N–H and O–H groups in total. The van der Waals surface area contributed by atoms with E-state index in [1.54, 1.807) is 0 Å². The van der Waals surface area contributed by atoms with Gasteiger partial charge in [0.25, 0.3) is 0 Å². The van der Waals surface area contributed by atoms with E-state index in [1.165, 1.54) is 180 Å². The number of rotatable bonds is 53. The third-order valence-electron chi connectivity index (χ3n) is 12.9. The molecule has 6 heteroatoms. The Morgan fingerprint density at radius 2 is 0.545 bits per heavy atom. The average Bonchev–Trinajstić information content (AvgIpc) is 3.31. The topological polar surface area (TPSA) is 78.9 Å². The Kier molecular flexibility index (Phi) is 53.2. The first-order valence-corrected chi connectivity index (χ1v) is 29.0. The molecule has 0 aromatic rings. The second kappa shape index (κ2) is 55.2. The standard InChI is InChI=1S/C60H110O6/c1-4-7-10-13-16-19-22-25-28-29-30-33-35-38-41-44-47-50-53-59(62)65-56-57(66-60(63)54-51-48-45-42-39-36-32-27-24-21-18-15-12-9-6-3)55-64-58(61)52-49-46-43-40-37-34-31-26-23-20-17-14-11-8-5-2/h18,21,26-27,31-32,57H,4-17,19-20,22-25,28-30,33-56H2,1-3H3/b21-18-,31-26-,32-27-/t57-/m1/s1. The van der Waals surface area contributed by atoms with Crippen LogP contribution in [-0.2, 0) is 28.6 Å². The van der Waals surface area contributed by atoms with Crippen molar-refractivity contribution in [2.45, 2.75) is 316 Å². The molecular weight excluding hydrogens is 817 g/mol. The number of hydrogen-bond acceptors (Lipinski definition) is 6. The van der Waals surface area contributed by atoms with Crippen molar-refractivity contribution in [2.75, 3.05) is 13.2 Å². The number of carbonyl (C=O) groups is 3. The van der Waals surface area contributed by atoms with Crippen molar-refractivity contribution in [3.63, 3.8) is 0 Å². The summed E-state index contributed by atoms with van der Waals surface area (Å²) >= 11 is 0. The van der Waals surface area contributed by atoms with Crippen LogP contribution in [0, 0.1) is 0 Å². The molecule has 0 aliphatic heterocycles. The predicted octanol–water partition coefficient (Wildman–Crippen LogP) is 19.3. The van der Waals surface area contributed by atoms with Gasteiger partial charge in [0, 0.05) is 19.3 Å². The van der Waals surface area contributed by atoms with Crippen molar-refractivity contribution >= 4 is 17.9 Å². The number of unbranched alkanes of at least 4 members (excludes halogenated alkanes) is 36. The third kappa shape index (κ3) is 52.6. The van der Waals surface area contributed by atoms with E-state index >= 15 is 0 Å². The van der Waals surface area contributed by atoms with Crippen LogP contribution in [0.25, 0.3) is 0 Å². The molecule has 0 unspecified atom stereocenters. The highest BCUT2D eigenvalue weighted by Gasteiger charge is 2.19. The number of hydrogen-bond donors (Lipinski definition) is 0. The maximum Gasteiger partial charge on any atom is 0.306 e. The molecule has 6 nitrogen and oxygen atoms in total. The highest BCUT2D eigenvalue weighted by atomic mass is 16.6. The predicted molar refractivity (Wildman–Crippen MR) is 284 cm³/mol. The van der Waals surface area contributed by atoms with Crippen LogP contribution >= 0.6 is 0 Å². The van der Waals surface area contributed by atoms with Crippen LogP contribution in [0.1, 0.15) is 310 Å². The number of esters is 3. The largest absolute Gasteiger partial charge is 0.462 e. The molecule has 0 amide bonds. The van der Waals surface area contributed by atoms with Crippen LogP contribution in [-0.4, -0.2) is 37.2 Å². The van der Waals surface area contributed by atoms with Gasteiger partial charge in [0.05, 0.1) is 0 Å². The van der Waals surface area contributed by atoms with Crippen LogP contribution in [0.5, 0.6) is 0 Å². The van der Waals surface area contributed by atoms with Crippen molar-refractivity contribution in [1.82, 2.24) is 0 Å². The molecule has 0 heterocycles. The number of ether oxygens (including phenoxy) is 3. The van der Waals surface area contributed by atoms with Gasteiger partial charge in [0.1, 0.15) is 13.2 Å². The summed E-state index contributed by atoms with van der Waals surface area (Å²) < 4.78 is 16.9. The molecule has 0 bridgehead atoms. The average molecular weight is 928 g/mol. The molecule has 0 aliphatic rings. The minimum atomic E-state index is -0.780. The third-order valence-corrected chi connectivity index (χ3v) is 12.9. The molecule has 66 heavy (non-hydrogen) atoms. The Morgan fingerprint density at radius 1 is 0.303 bits per heavy atom. The first-order valence-electron chi connectivity index (χ1n) is 29.0. The molecule has 386 valence electrons. The van der Waals surface area contributed by atoms with Gasteiger partial charge in [-0.05, 0) is 77.0 Å². The Hall–Kier alpha value is -2.37. The summed E-state index contributed by atoms with van der Waals surface area (Å²) in [5, 5.41) is 0. The van der Waals surface area contributed by atoms with Gasteiger partial charge in [0.15, 0.2) is 6.10 Å². The molecule has 0 saturated carbocycles. The van der Waals surface area contributed by atoms with Gasteiger partial charge in [0.2, 0.25) is 0 Å². The maximum absolute atomic E-state index is 12.8. The fourth-order valence-electron chi connectivity index (χ4n) is 8.47. The molecular formula is C60H110O6. The van der Waals surface area contributed by atoms with Crippen LogP contribution in [0.15, 0.2) is 36.5 Å². The summed E-state index contributed by atoms with van der Waals surface area (Å²) in [6.07, 6.45) is 65.6. The van der Waals surface area contributed by atoms with E-state index in [0.29, 0.717) is 19.3 Å². The zero-order valence-corrected chi connectivity index (χ0v) is 44.2. The Morgan fingerprint density at radius 3 is 0.879 bits per heavy atom. The van der Waals surface area contributed by atoms with E-state index in [-0.39, 0.29) is 31.1 Å². The second-order valence-electron chi connectivity index (χ2n) is 19.6. The molecule has 0 aromatic carbocycles. The normalized spacial score (nSPS) is 12.2. The molecule has 0 radical (unpaired) electrons. The van der Waals surface area contributed by atoms with E-state index in [9.17, 15) is 14.4 Å². The highest BCUT2D eigenvalue weighted by Crippen LogP contribution is 2.16. The minimum absolute atomic E-state index is 0.0769. The van der Waals surface area contributed by atoms with Crippen LogP contribution in [0.3, 0.4) is 0 Å². The monoisotopic (exact) mass is 927 g/mol. The summed E-state index contributed by atoms with van der Waals surface area (Å²) in [6.45, 7) is 6.63. The van der Waals surface area contributed by atoms with Crippen molar-refractivity contribution in [1.29, 1.82) is 0 Å². The van der Waals surface area contributed by atoms with Gasteiger partial charge in [-0.3, -0.25) is 14.4 Å². The fourth-order valence-corrected chi connectivity index (χ4v) is 8.47. The smallest absolute Gasteiger partial charge is 0.306 e. The minimum Gasteiger partial charge on any atom is -0.462 e. The van der Waals surface area contributed by atoms with Gasteiger partial charge in [-0.15, -0.1) is 0 Å². The molecule has 0 aromatic heterocycles. The summed E-state index contributed by atoms with van der Waals surface area (Å²) in [5.74, 6) is -0.882. The molecule has 0 aliphatic carbocycles. The van der Waals surface area contributed by atoms with Crippen LogP contribution in [0.2, 0.25) is 0 Å². The molecule has 1 atom stereocenters. The van der Waals surface area contributed by atoms with E-state index < -0.39 is 6.10 Å². The summed E-state index contributed by atoms with van der Waals surface area (Å²) in [5.41, 5.74) is 0. The van der Waals surface area contributed by atoms with E-state index in [4.69, 9.17) is 14.2 Å². The number of carbonyl (C=O) groups excluding carboxylic acids is 3. The van der Waals surface area contributed by atoms with Gasteiger partial charge in [-0.1, -0.05) is 250 Å². The zero-order valence-electron chi connectivity index (χ0n) is 44.2. The molecule has 0 fully saturated rings. The van der Waals surface area contributed by atoms with Crippen LogP contribution in [0.4, 0.5) is 0 Å². The van der Waals surface area contributed by atoms with Crippen molar-refractivity contribution in [3.05, 3.63) is 36.5 Å². The van der Waals surface area contributed by atoms with E-state index in [1.807, 2.05) is 0 Å². The lowest BCUT2D eigenvalue weighted by Gasteiger charge is -2.18. The lowest BCUT2D eigenvalue weighted by molar-refractivity contribution is -0.167. The SMILES string of the molecule is CCCCC/C=C\C/C=C\CCCCCCCC(=O)O[C@H](COC(=O)CCCCCCC/C=C\CCCCCCCC)COC(=O)CCCCCCCCCCCCCCCCCCCC. The number of allylic oxidation sites excluding steroid dienone is 6. The summed E-state index contributed by atoms with van der Waals surface area (Å²) in [7, 11) is 0. The lowest BCUT2D eigenvalue weighted by Crippen LogP contribution is -2.30. The Bertz CT molecular complexity index is 1110. The van der Waals surface area contributed by atoms with E-state index in [0.717, 1.165) is 89.9 Å². The van der Waals surface area contributed by atoms with E-state index in [2.05, 4.69) is 57.2 Å². The highest BCUT2D eigenvalue weighted by molar-refractivity contribution is 5.71. The molecule has 0 saturated heterocycles. The van der Waals surface area contributed by atoms with Crippen molar-refractivity contribution in [3.8, 4) is 0 Å². The lowest BCUT2D eigenvalue weighted by atomic mass is 10.0. The quantitative estimate of drug-likeness (QED) is 0.0262. The van der Waals surface area contributed by atoms with Crippen molar-refractivity contribution in [2.24, 2.45) is 0 Å². The first-order chi connectivity index (χ1) is 32.5. The van der Waals surface area contributed by atoms with Gasteiger partial charge in [-0.25, -0.2) is 0 Å². The zero-order chi connectivity index (χ0) is 47.9. The van der Waals surface area contributed by atoms with Gasteiger partial charge < -0.3 is 14.2 Å². The maximum atomic E-state index is 12.8. The fraction of sp³-hybridized carbons (Fsp3) is 0.850. The van der Waals surface area contributed by atoms with Crippen molar-refractivity contribution < 1.29 is 28.6 Å². The van der Waals surface area contributed by atoms with Gasteiger partial charge >= 0.3 is 17.9 Å². The first kappa shape index (κ1) is 63.6. The Labute approximate surface area is 410 Å². The Balaban J connectivity index is 4.35. The van der Waals surface area contributed by atoms with Gasteiger partial charge in [-0.2, -0.15) is 0 Å². The van der Waals surface area contributed by atoms with Crippen LogP contribution < -0.4 is 0 Å². The molecule has 0 spiro atoms. The second-order valence-corrected chi connectivity index (χ2v) is 19.6.